The average molecular weight is 487 g/mol. The Morgan fingerprint density at radius 3 is 2.20 bits per heavy atom. The molecule has 0 aliphatic carbocycles. The summed E-state index contributed by atoms with van der Waals surface area (Å²) in [5, 5.41) is 7.55. The van der Waals surface area contributed by atoms with E-state index < -0.39 is 10.0 Å². The second-order valence-electron chi connectivity index (χ2n) is 8.47. The summed E-state index contributed by atoms with van der Waals surface area (Å²) in [6.45, 7) is 1.05. The molecule has 5 rings (SSSR count). The number of sulfonamides is 1. The minimum absolute atomic E-state index is 0.179. The number of benzene rings is 3. The number of hydrogen-bond donors (Lipinski definition) is 1. The molecule has 0 bridgehead atoms. The van der Waals surface area contributed by atoms with E-state index in [1.807, 2.05) is 60.7 Å². The number of amides is 1. The van der Waals surface area contributed by atoms with Crippen LogP contribution in [0.3, 0.4) is 0 Å². The van der Waals surface area contributed by atoms with E-state index in [0.29, 0.717) is 30.2 Å². The van der Waals surface area contributed by atoms with Crippen LogP contribution in [0.5, 0.6) is 0 Å². The van der Waals surface area contributed by atoms with Gasteiger partial charge in [0, 0.05) is 24.3 Å². The number of nitrogens with one attached hydrogen (secondary N) is 1. The van der Waals surface area contributed by atoms with E-state index in [4.69, 9.17) is 0 Å². The van der Waals surface area contributed by atoms with Gasteiger partial charge in [-0.05, 0) is 49.2 Å². The van der Waals surface area contributed by atoms with Crippen molar-refractivity contribution in [2.75, 3.05) is 18.4 Å². The third-order valence-corrected chi connectivity index (χ3v) is 7.95. The SMILES string of the molecule is O=C(Nc1cccc(S(=O)(=O)N2CCCCC2)c1)c1cc(-c2ccccc2)nn1-c1ccccc1. The maximum Gasteiger partial charge on any atom is 0.274 e. The fourth-order valence-electron chi connectivity index (χ4n) is 4.24. The van der Waals surface area contributed by atoms with Crippen molar-refractivity contribution in [2.24, 2.45) is 0 Å². The number of nitrogens with zero attached hydrogens (tertiary/aromatic N) is 3. The molecule has 178 valence electrons. The maximum atomic E-state index is 13.4. The molecule has 1 aromatic heterocycles. The second-order valence-corrected chi connectivity index (χ2v) is 10.4. The molecule has 1 aliphatic rings. The number of carbonyl (C=O) groups is 1. The summed E-state index contributed by atoms with van der Waals surface area (Å²) in [4.78, 5) is 13.6. The lowest BCUT2D eigenvalue weighted by atomic mass is 10.1. The van der Waals surface area contributed by atoms with Crippen LogP contribution in [0.15, 0.2) is 95.9 Å². The van der Waals surface area contributed by atoms with Crippen LogP contribution in [0.25, 0.3) is 16.9 Å². The van der Waals surface area contributed by atoms with Crippen molar-refractivity contribution in [3.8, 4) is 16.9 Å². The molecule has 1 N–H and O–H groups in total. The summed E-state index contributed by atoms with van der Waals surface area (Å²) in [5.41, 5.74) is 3.07. The smallest absolute Gasteiger partial charge is 0.274 e. The minimum atomic E-state index is -3.60. The van der Waals surface area contributed by atoms with Crippen molar-refractivity contribution in [1.82, 2.24) is 14.1 Å². The predicted octanol–water partition coefficient (Wildman–Crippen LogP) is 4.97. The van der Waals surface area contributed by atoms with Crippen LogP contribution in [0.4, 0.5) is 5.69 Å². The van der Waals surface area contributed by atoms with Gasteiger partial charge in [-0.25, -0.2) is 13.1 Å². The highest BCUT2D eigenvalue weighted by Crippen LogP contribution is 2.25. The number of aromatic nitrogens is 2. The fourth-order valence-corrected chi connectivity index (χ4v) is 5.81. The van der Waals surface area contributed by atoms with Crippen LogP contribution < -0.4 is 5.32 Å². The molecule has 1 amide bonds. The lowest BCUT2D eigenvalue weighted by Gasteiger charge is -2.26. The number of hydrogen-bond acceptors (Lipinski definition) is 4. The number of carbonyl (C=O) groups excluding carboxylic acids is 1. The van der Waals surface area contributed by atoms with Gasteiger partial charge in [0.15, 0.2) is 0 Å². The van der Waals surface area contributed by atoms with Crippen molar-refractivity contribution >= 4 is 21.6 Å². The molecule has 8 heteroatoms. The van der Waals surface area contributed by atoms with Gasteiger partial charge in [0.2, 0.25) is 10.0 Å². The van der Waals surface area contributed by atoms with Crippen LogP contribution in [0.1, 0.15) is 29.8 Å². The first-order chi connectivity index (χ1) is 17.0. The van der Waals surface area contributed by atoms with Gasteiger partial charge in [-0.2, -0.15) is 9.40 Å². The van der Waals surface area contributed by atoms with Crippen LogP contribution in [-0.4, -0.2) is 41.5 Å². The molecule has 0 unspecified atom stereocenters. The Hall–Kier alpha value is -3.75. The minimum Gasteiger partial charge on any atom is -0.321 e. The molecule has 1 fully saturated rings. The molecule has 2 heterocycles. The highest BCUT2D eigenvalue weighted by atomic mass is 32.2. The lowest BCUT2D eigenvalue weighted by Crippen LogP contribution is -2.35. The molecule has 1 aliphatic heterocycles. The monoisotopic (exact) mass is 486 g/mol. The van der Waals surface area contributed by atoms with E-state index in [2.05, 4.69) is 10.4 Å². The molecule has 1 saturated heterocycles. The van der Waals surface area contributed by atoms with Gasteiger partial charge in [0.05, 0.1) is 16.3 Å². The van der Waals surface area contributed by atoms with Crippen molar-refractivity contribution < 1.29 is 13.2 Å². The Morgan fingerprint density at radius 2 is 1.49 bits per heavy atom. The maximum absolute atomic E-state index is 13.4. The van der Waals surface area contributed by atoms with Crippen LogP contribution >= 0.6 is 0 Å². The number of piperidine rings is 1. The van der Waals surface area contributed by atoms with E-state index in [1.165, 1.54) is 10.4 Å². The predicted molar refractivity (Wildman–Crippen MR) is 136 cm³/mol. The number of anilines is 1. The zero-order chi connectivity index (χ0) is 24.3. The molecule has 35 heavy (non-hydrogen) atoms. The average Bonchev–Trinajstić information content (AvgIpc) is 3.36. The molecule has 4 aromatic rings. The van der Waals surface area contributed by atoms with E-state index >= 15 is 0 Å². The van der Waals surface area contributed by atoms with Crippen molar-refractivity contribution in [1.29, 1.82) is 0 Å². The Balaban J connectivity index is 1.46. The zero-order valence-corrected chi connectivity index (χ0v) is 20.0. The number of para-hydroxylation sites is 1. The first kappa shape index (κ1) is 23.0. The Bertz CT molecular complexity index is 1430. The molecule has 3 aromatic carbocycles. The summed E-state index contributed by atoms with van der Waals surface area (Å²) in [6.07, 6.45) is 2.77. The van der Waals surface area contributed by atoms with Crippen LogP contribution in [-0.2, 0) is 10.0 Å². The zero-order valence-electron chi connectivity index (χ0n) is 19.2. The molecular formula is C27H26N4O3S. The largest absolute Gasteiger partial charge is 0.321 e. The first-order valence-corrected chi connectivity index (χ1v) is 13.1. The highest BCUT2D eigenvalue weighted by Gasteiger charge is 2.26. The van der Waals surface area contributed by atoms with Gasteiger partial charge in [0.25, 0.3) is 5.91 Å². The van der Waals surface area contributed by atoms with Gasteiger partial charge >= 0.3 is 0 Å². The summed E-state index contributed by atoms with van der Waals surface area (Å²) < 4.78 is 29.3. The van der Waals surface area contributed by atoms with Crippen LogP contribution in [0, 0.1) is 0 Å². The summed E-state index contributed by atoms with van der Waals surface area (Å²) in [6, 6.07) is 27.2. The second kappa shape index (κ2) is 9.85. The van der Waals surface area contributed by atoms with E-state index in [1.54, 1.807) is 28.9 Å². The fraction of sp³-hybridized carbons (Fsp3) is 0.185. The van der Waals surface area contributed by atoms with Gasteiger partial charge in [-0.3, -0.25) is 4.79 Å². The van der Waals surface area contributed by atoms with Crippen molar-refractivity contribution in [2.45, 2.75) is 24.2 Å². The Morgan fingerprint density at radius 1 is 0.800 bits per heavy atom. The van der Waals surface area contributed by atoms with E-state index in [-0.39, 0.29) is 10.8 Å². The van der Waals surface area contributed by atoms with Crippen molar-refractivity contribution in [3.05, 3.63) is 96.7 Å². The summed E-state index contributed by atoms with van der Waals surface area (Å²) >= 11 is 0. The molecule has 7 nitrogen and oxygen atoms in total. The Kier molecular flexibility index (Phi) is 6.48. The molecule has 0 spiro atoms. The summed E-state index contributed by atoms with van der Waals surface area (Å²) in [5.74, 6) is -0.379. The van der Waals surface area contributed by atoms with E-state index in [9.17, 15) is 13.2 Å². The van der Waals surface area contributed by atoms with Gasteiger partial charge in [-0.15, -0.1) is 0 Å². The Labute approximate surface area is 205 Å². The standard InChI is InChI=1S/C27H26N4O3S/c32-27(28-22-13-10-16-24(19-22)35(33,34)30-17-8-3-9-18-30)26-20-25(21-11-4-1-5-12-21)29-31(26)23-14-6-2-7-15-23/h1-2,4-7,10-16,19-20H,3,8-9,17-18H2,(H,28,32). The third-order valence-electron chi connectivity index (χ3n) is 6.06. The summed E-state index contributed by atoms with van der Waals surface area (Å²) in [7, 11) is -3.60. The van der Waals surface area contributed by atoms with Crippen molar-refractivity contribution in [3.63, 3.8) is 0 Å². The normalized spacial score (nSPS) is 14.5. The first-order valence-electron chi connectivity index (χ1n) is 11.6. The quantitative estimate of drug-likeness (QED) is 0.417. The topological polar surface area (TPSA) is 84.3 Å². The number of rotatable bonds is 6. The molecule has 0 atom stereocenters. The molecule has 0 radical (unpaired) electrons. The third kappa shape index (κ3) is 4.89. The molecule has 0 saturated carbocycles. The molecular weight excluding hydrogens is 460 g/mol. The lowest BCUT2D eigenvalue weighted by molar-refractivity contribution is 0.101. The van der Waals surface area contributed by atoms with Gasteiger partial charge < -0.3 is 5.32 Å². The van der Waals surface area contributed by atoms with Crippen LogP contribution in [0.2, 0.25) is 0 Å². The van der Waals surface area contributed by atoms with E-state index in [0.717, 1.165) is 30.5 Å². The highest BCUT2D eigenvalue weighted by molar-refractivity contribution is 7.89. The van der Waals surface area contributed by atoms with Gasteiger partial charge in [-0.1, -0.05) is 61.0 Å². The van der Waals surface area contributed by atoms with Gasteiger partial charge in [0.1, 0.15) is 5.69 Å².